The molecule has 154 valence electrons. The minimum Gasteiger partial charge on any atom is -0.351 e. The first-order valence-electron chi connectivity index (χ1n) is 9.56. The van der Waals surface area contributed by atoms with E-state index in [0.29, 0.717) is 29.5 Å². The van der Waals surface area contributed by atoms with Gasteiger partial charge in [-0.3, -0.25) is 14.7 Å². The van der Waals surface area contributed by atoms with Crippen molar-refractivity contribution in [1.82, 2.24) is 20.5 Å². The number of halogens is 1. The first kappa shape index (κ1) is 20.1. The summed E-state index contributed by atoms with van der Waals surface area (Å²) < 4.78 is 13.8. The van der Waals surface area contributed by atoms with Crippen LogP contribution in [-0.4, -0.2) is 39.3 Å². The van der Waals surface area contributed by atoms with Gasteiger partial charge in [-0.2, -0.15) is 0 Å². The molecule has 2 amide bonds. The van der Waals surface area contributed by atoms with Gasteiger partial charge in [-0.05, 0) is 36.2 Å². The highest BCUT2D eigenvalue weighted by Gasteiger charge is 2.21. The molecule has 0 radical (unpaired) electrons. The van der Waals surface area contributed by atoms with E-state index in [1.54, 1.807) is 23.1 Å². The number of carbonyl (C=O) groups excluding carboxylic acids is 2. The fourth-order valence-corrected chi connectivity index (χ4v) is 3.81. The van der Waals surface area contributed by atoms with Crippen LogP contribution in [0.15, 0.2) is 53.7 Å². The second kappa shape index (κ2) is 9.08. The van der Waals surface area contributed by atoms with Gasteiger partial charge in [0.2, 0.25) is 17.0 Å². The van der Waals surface area contributed by atoms with Crippen molar-refractivity contribution in [1.29, 1.82) is 0 Å². The fourth-order valence-electron chi connectivity index (χ4n) is 3.18. The minimum atomic E-state index is -0.386. The number of H-pyrrole nitrogens is 1. The van der Waals surface area contributed by atoms with Crippen LogP contribution in [0.25, 0.3) is 11.4 Å². The highest BCUT2D eigenvalue weighted by atomic mass is 32.2. The lowest BCUT2D eigenvalue weighted by atomic mass is 10.2. The van der Waals surface area contributed by atoms with E-state index < -0.39 is 0 Å². The van der Waals surface area contributed by atoms with E-state index in [1.165, 1.54) is 17.8 Å². The third-order valence-corrected chi connectivity index (χ3v) is 5.58. The second-order valence-corrected chi connectivity index (χ2v) is 7.77. The van der Waals surface area contributed by atoms with Crippen molar-refractivity contribution in [3.05, 3.63) is 59.9 Å². The van der Waals surface area contributed by atoms with Gasteiger partial charge in [0.1, 0.15) is 5.82 Å². The predicted molar refractivity (Wildman–Crippen MR) is 112 cm³/mol. The standard InChI is InChI=1S/C21H20FN5O2S/c22-17-5-2-1-4-16(17)20-24-21(26-25-20)30-13-18(28)23-12-14-7-9-15(10-8-14)27-11-3-6-19(27)29/h1-2,4-5,7-10H,3,6,11-13H2,(H,23,28)(H,24,25,26). The molecule has 9 heteroatoms. The normalized spacial score (nSPS) is 13.6. The molecule has 0 aliphatic carbocycles. The number of amides is 2. The summed E-state index contributed by atoms with van der Waals surface area (Å²) in [5, 5.41) is 9.95. The molecular weight excluding hydrogens is 405 g/mol. The zero-order chi connectivity index (χ0) is 20.9. The average molecular weight is 425 g/mol. The molecule has 2 heterocycles. The molecule has 3 aromatic rings. The van der Waals surface area contributed by atoms with Crippen molar-refractivity contribution in [2.45, 2.75) is 24.5 Å². The number of rotatable bonds is 7. The van der Waals surface area contributed by atoms with Crippen LogP contribution in [0.1, 0.15) is 18.4 Å². The highest BCUT2D eigenvalue weighted by molar-refractivity contribution is 7.99. The van der Waals surface area contributed by atoms with Crippen LogP contribution in [0.5, 0.6) is 0 Å². The van der Waals surface area contributed by atoms with E-state index in [4.69, 9.17) is 0 Å². The van der Waals surface area contributed by atoms with Gasteiger partial charge in [-0.25, -0.2) is 9.37 Å². The number of thioether (sulfide) groups is 1. The molecule has 2 aromatic carbocycles. The molecule has 0 saturated carbocycles. The van der Waals surface area contributed by atoms with Crippen LogP contribution in [0.3, 0.4) is 0 Å². The molecular formula is C21H20FN5O2S. The molecule has 0 unspecified atom stereocenters. The Balaban J connectivity index is 1.25. The number of hydrogen-bond donors (Lipinski definition) is 2. The first-order valence-corrected chi connectivity index (χ1v) is 10.5. The predicted octanol–water partition coefficient (Wildman–Crippen LogP) is 3.15. The van der Waals surface area contributed by atoms with Crippen LogP contribution in [0, 0.1) is 5.82 Å². The Kier molecular flexibility index (Phi) is 6.08. The van der Waals surface area contributed by atoms with Crippen molar-refractivity contribution < 1.29 is 14.0 Å². The Morgan fingerprint density at radius 3 is 2.73 bits per heavy atom. The summed E-state index contributed by atoms with van der Waals surface area (Å²) in [7, 11) is 0. The van der Waals surface area contributed by atoms with Gasteiger partial charge in [0.05, 0.1) is 11.3 Å². The van der Waals surface area contributed by atoms with Gasteiger partial charge in [0.25, 0.3) is 0 Å². The number of aromatic amines is 1. The number of benzene rings is 2. The van der Waals surface area contributed by atoms with Crippen LogP contribution in [0.2, 0.25) is 0 Å². The Bertz CT molecular complexity index is 1050. The number of nitrogens with zero attached hydrogens (tertiary/aromatic N) is 3. The number of carbonyl (C=O) groups is 2. The number of nitrogens with one attached hydrogen (secondary N) is 2. The minimum absolute atomic E-state index is 0.148. The summed E-state index contributed by atoms with van der Waals surface area (Å²) >= 11 is 1.17. The van der Waals surface area contributed by atoms with Gasteiger partial charge in [0, 0.05) is 25.2 Å². The molecule has 30 heavy (non-hydrogen) atoms. The lowest BCUT2D eigenvalue weighted by Gasteiger charge is -2.16. The summed E-state index contributed by atoms with van der Waals surface area (Å²) in [6.45, 7) is 1.15. The maximum atomic E-state index is 13.8. The van der Waals surface area contributed by atoms with Crippen LogP contribution in [-0.2, 0) is 16.1 Å². The highest BCUT2D eigenvalue weighted by Crippen LogP contribution is 2.22. The summed E-state index contributed by atoms with van der Waals surface area (Å²) in [4.78, 5) is 29.9. The van der Waals surface area contributed by atoms with Crippen molar-refractivity contribution >= 4 is 29.3 Å². The molecule has 2 N–H and O–H groups in total. The monoisotopic (exact) mass is 425 g/mol. The van der Waals surface area contributed by atoms with Gasteiger partial charge in [-0.1, -0.05) is 36.0 Å². The van der Waals surface area contributed by atoms with E-state index in [9.17, 15) is 14.0 Å². The SMILES string of the molecule is O=C(CSc1n[nH]c(-c2ccccc2F)n1)NCc1ccc(N2CCCC2=O)cc1. The second-order valence-electron chi connectivity index (χ2n) is 6.83. The molecule has 1 aliphatic heterocycles. The summed E-state index contributed by atoms with van der Waals surface area (Å²) in [6.07, 6.45) is 1.49. The van der Waals surface area contributed by atoms with Crippen LogP contribution < -0.4 is 10.2 Å². The third-order valence-electron chi connectivity index (χ3n) is 4.74. The summed E-state index contributed by atoms with van der Waals surface area (Å²) in [5.74, 6) is 0.0828. The Hall–Kier alpha value is -3.20. The molecule has 0 spiro atoms. The third kappa shape index (κ3) is 4.68. The van der Waals surface area contributed by atoms with Gasteiger partial charge in [-0.15, -0.1) is 5.10 Å². The van der Waals surface area contributed by atoms with E-state index in [2.05, 4.69) is 20.5 Å². The van der Waals surface area contributed by atoms with Gasteiger partial charge in [0.15, 0.2) is 5.82 Å². The molecule has 0 atom stereocenters. The first-order chi connectivity index (χ1) is 14.6. The number of aromatic nitrogens is 3. The molecule has 1 fully saturated rings. The zero-order valence-corrected chi connectivity index (χ0v) is 16.9. The number of hydrogen-bond acceptors (Lipinski definition) is 5. The smallest absolute Gasteiger partial charge is 0.230 e. The van der Waals surface area contributed by atoms with Crippen molar-refractivity contribution in [2.24, 2.45) is 0 Å². The van der Waals surface area contributed by atoms with E-state index >= 15 is 0 Å². The average Bonchev–Trinajstić information content (AvgIpc) is 3.40. The molecule has 0 bridgehead atoms. The molecule has 1 aliphatic rings. The summed E-state index contributed by atoms with van der Waals surface area (Å²) in [6, 6.07) is 13.9. The molecule has 4 rings (SSSR count). The Labute approximate surface area is 177 Å². The van der Waals surface area contributed by atoms with E-state index in [1.807, 2.05) is 24.3 Å². The maximum absolute atomic E-state index is 13.8. The van der Waals surface area contributed by atoms with Crippen LogP contribution >= 0.6 is 11.8 Å². The quantitative estimate of drug-likeness (QED) is 0.568. The fraction of sp³-hybridized carbons (Fsp3) is 0.238. The Morgan fingerprint density at radius 1 is 1.20 bits per heavy atom. The van der Waals surface area contributed by atoms with E-state index in [-0.39, 0.29) is 23.4 Å². The Morgan fingerprint density at radius 2 is 2.00 bits per heavy atom. The lowest BCUT2D eigenvalue weighted by molar-refractivity contribution is -0.119. The molecule has 7 nitrogen and oxygen atoms in total. The van der Waals surface area contributed by atoms with Gasteiger partial charge < -0.3 is 10.2 Å². The molecule has 1 saturated heterocycles. The number of anilines is 1. The van der Waals surface area contributed by atoms with Crippen molar-refractivity contribution in [3.8, 4) is 11.4 Å². The van der Waals surface area contributed by atoms with Crippen LogP contribution in [0.4, 0.5) is 10.1 Å². The van der Waals surface area contributed by atoms with Crippen molar-refractivity contribution in [2.75, 3.05) is 17.2 Å². The maximum Gasteiger partial charge on any atom is 0.230 e. The summed E-state index contributed by atoms with van der Waals surface area (Å²) in [5.41, 5.74) is 2.17. The largest absolute Gasteiger partial charge is 0.351 e. The van der Waals surface area contributed by atoms with E-state index in [0.717, 1.165) is 24.2 Å². The lowest BCUT2D eigenvalue weighted by Crippen LogP contribution is -2.25. The zero-order valence-electron chi connectivity index (χ0n) is 16.1. The topological polar surface area (TPSA) is 91.0 Å². The molecule has 1 aromatic heterocycles. The van der Waals surface area contributed by atoms with Crippen molar-refractivity contribution in [3.63, 3.8) is 0 Å². The van der Waals surface area contributed by atoms with Gasteiger partial charge >= 0.3 is 0 Å².